The summed E-state index contributed by atoms with van der Waals surface area (Å²) in [5, 5.41) is 23.4. The van der Waals surface area contributed by atoms with E-state index in [2.05, 4.69) is 15.3 Å². The van der Waals surface area contributed by atoms with Crippen LogP contribution in [-0.2, 0) is 4.79 Å². The van der Waals surface area contributed by atoms with Crippen molar-refractivity contribution >= 4 is 16.9 Å². The molecule has 0 spiro atoms. The van der Waals surface area contributed by atoms with E-state index in [4.69, 9.17) is 0 Å². The van der Waals surface area contributed by atoms with E-state index in [0.717, 1.165) is 11.0 Å². The number of aromatic amines is 1. The number of H-pyrrole nitrogens is 1. The standard InChI is InChI=1S/C13H17N3O3/c1-8(17)14-5-3-11(18)12(19)10-6-9-2-4-15-13(9)16-7-10/h2,4,6-7,11-12,18-19H,3,5H2,1H3,(H,14,17)(H,15,16). The smallest absolute Gasteiger partial charge is 0.216 e. The second-order valence-electron chi connectivity index (χ2n) is 4.47. The van der Waals surface area contributed by atoms with E-state index in [1.807, 2.05) is 6.07 Å². The molecule has 2 rings (SSSR count). The molecule has 6 heteroatoms. The van der Waals surface area contributed by atoms with Gasteiger partial charge in [0.25, 0.3) is 0 Å². The number of nitrogens with one attached hydrogen (secondary N) is 2. The zero-order valence-corrected chi connectivity index (χ0v) is 10.6. The summed E-state index contributed by atoms with van der Waals surface area (Å²) >= 11 is 0. The Labute approximate surface area is 110 Å². The maximum Gasteiger partial charge on any atom is 0.216 e. The fourth-order valence-electron chi connectivity index (χ4n) is 1.89. The maximum atomic E-state index is 10.7. The van der Waals surface area contributed by atoms with Crippen molar-refractivity contribution in [2.45, 2.75) is 25.6 Å². The van der Waals surface area contributed by atoms with Crippen molar-refractivity contribution in [3.63, 3.8) is 0 Å². The lowest BCUT2D eigenvalue weighted by Gasteiger charge is -2.18. The number of carbonyl (C=O) groups is 1. The van der Waals surface area contributed by atoms with Crippen LogP contribution in [0.4, 0.5) is 0 Å². The van der Waals surface area contributed by atoms with E-state index >= 15 is 0 Å². The third-order valence-corrected chi connectivity index (χ3v) is 2.94. The van der Waals surface area contributed by atoms with Gasteiger partial charge in [-0.25, -0.2) is 4.98 Å². The molecule has 102 valence electrons. The van der Waals surface area contributed by atoms with Crippen molar-refractivity contribution in [3.05, 3.63) is 30.1 Å². The lowest BCUT2D eigenvalue weighted by atomic mass is 10.0. The molecule has 0 saturated carbocycles. The summed E-state index contributed by atoms with van der Waals surface area (Å²) < 4.78 is 0. The van der Waals surface area contributed by atoms with E-state index in [1.54, 1.807) is 12.3 Å². The van der Waals surface area contributed by atoms with Crippen LogP contribution in [0.25, 0.3) is 11.0 Å². The van der Waals surface area contributed by atoms with Crippen molar-refractivity contribution in [1.82, 2.24) is 15.3 Å². The van der Waals surface area contributed by atoms with Gasteiger partial charge in [0, 0.05) is 36.8 Å². The van der Waals surface area contributed by atoms with Crippen molar-refractivity contribution < 1.29 is 15.0 Å². The Morgan fingerprint density at radius 1 is 1.53 bits per heavy atom. The summed E-state index contributed by atoms with van der Waals surface area (Å²) in [6, 6.07) is 3.63. The van der Waals surface area contributed by atoms with Crippen LogP contribution in [0.2, 0.25) is 0 Å². The number of aliphatic hydroxyl groups excluding tert-OH is 2. The highest BCUT2D eigenvalue weighted by molar-refractivity contribution is 5.75. The minimum atomic E-state index is -1.01. The number of aromatic nitrogens is 2. The molecular formula is C13H17N3O3. The molecule has 2 heterocycles. The average molecular weight is 263 g/mol. The third-order valence-electron chi connectivity index (χ3n) is 2.94. The molecular weight excluding hydrogens is 246 g/mol. The summed E-state index contributed by atoms with van der Waals surface area (Å²) in [7, 11) is 0. The predicted octanol–water partition coefficient (Wildman–Crippen LogP) is 0.483. The largest absolute Gasteiger partial charge is 0.390 e. The molecule has 4 N–H and O–H groups in total. The number of rotatable bonds is 5. The lowest BCUT2D eigenvalue weighted by molar-refractivity contribution is -0.119. The Morgan fingerprint density at radius 3 is 3.05 bits per heavy atom. The summed E-state index contributed by atoms with van der Waals surface area (Å²) in [5.74, 6) is -0.155. The number of amides is 1. The van der Waals surface area contributed by atoms with Gasteiger partial charge in [0.05, 0.1) is 6.10 Å². The van der Waals surface area contributed by atoms with Gasteiger partial charge in [-0.2, -0.15) is 0 Å². The van der Waals surface area contributed by atoms with Crippen LogP contribution in [-0.4, -0.2) is 38.7 Å². The highest BCUT2D eigenvalue weighted by Gasteiger charge is 2.19. The number of hydrogen-bond donors (Lipinski definition) is 4. The van der Waals surface area contributed by atoms with Crippen molar-refractivity contribution in [2.75, 3.05) is 6.54 Å². The van der Waals surface area contributed by atoms with Gasteiger partial charge in [0.2, 0.25) is 5.91 Å². The number of aliphatic hydroxyl groups is 2. The normalized spacial score (nSPS) is 14.3. The number of hydrogen-bond acceptors (Lipinski definition) is 4. The van der Waals surface area contributed by atoms with Crippen LogP contribution in [0.3, 0.4) is 0 Å². The molecule has 0 aliphatic carbocycles. The maximum absolute atomic E-state index is 10.7. The summed E-state index contributed by atoms with van der Waals surface area (Å²) in [5.41, 5.74) is 1.30. The Bertz CT molecular complexity index is 567. The molecule has 1 amide bonds. The van der Waals surface area contributed by atoms with Crippen LogP contribution in [0.15, 0.2) is 24.5 Å². The molecule has 0 saturated heterocycles. The second kappa shape index (κ2) is 5.81. The van der Waals surface area contributed by atoms with E-state index in [9.17, 15) is 15.0 Å². The average Bonchev–Trinajstić information content (AvgIpc) is 2.84. The first-order valence-electron chi connectivity index (χ1n) is 6.11. The van der Waals surface area contributed by atoms with E-state index in [-0.39, 0.29) is 12.3 Å². The van der Waals surface area contributed by atoms with Crippen molar-refractivity contribution in [2.24, 2.45) is 0 Å². The van der Waals surface area contributed by atoms with Gasteiger partial charge in [-0.05, 0) is 18.6 Å². The minimum Gasteiger partial charge on any atom is -0.390 e. The highest BCUT2D eigenvalue weighted by Crippen LogP contribution is 2.21. The molecule has 2 aromatic heterocycles. The van der Waals surface area contributed by atoms with Gasteiger partial charge < -0.3 is 20.5 Å². The summed E-state index contributed by atoms with van der Waals surface area (Å²) in [6.45, 7) is 1.74. The molecule has 0 aliphatic heterocycles. The summed E-state index contributed by atoms with van der Waals surface area (Å²) in [6.07, 6.45) is 1.63. The van der Waals surface area contributed by atoms with Crippen LogP contribution in [0, 0.1) is 0 Å². The van der Waals surface area contributed by atoms with Gasteiger partial charge >= 0.3 is 0 Å². The van der Waals surface area contributed by atoms with Gasteiger partial charge in [-0.3, -0.25) is 4.79 Å². The van der Waals surface area contributed by atoms with Crippen LogP contribution in [0.5, 0.6) is 0 Å². The van der Waals surface area contributed by atoms with Gasteiger partial charge in [0.1, 0.15) is 11.8 Å². The topological polar surface area (TPSA) is 98.2 Å². The minimum absolute atomic E-state index is 0.155. The monoisotopic (exact) mass is 263 g/mol. The molecule has 0 bridgehead atoms. The number of carbonyl (C=O) groups excluding carboxylic acids is 1. The lowest BCUT2D eigenvalue weighted by Crippen LogP contribution is -2.27. The Balaban J connectivity index is 2.01. The van der Waals surface area contributed by atoms with Gasteiger partial charge in [-0.15, -0.1) is 0 Å². The van der Waals surface area contributed by atoms with Crippen LogP contribution in [0.1, 0.15) is 25.0 Å². The van der Waals surface area contributed by atoms with Gasteiger partial charge in [-0.1, -0.05) is 0 Å². The molecule has 0 aromatic carbocycles. The van der Waals surface area contributed by atoms with E-state index in [0.29, 0.717) is 12.1 Å². The van der Waals surface area contributed by atoms with Crippen LogP contribution >= 0.6 is 0 Å². The molecule has 2 atom stereocenters. The quantitative estimate of drug-likeness (QED) is 0.630. The highest BCUT2D eigenvalue weighted by atomic mass is 16.3. The van der Waals surface area contributed by atoms with Crippen molar-refractivity contribution in [3.8, 4) is 0 Å². The molecule has 0 aliphatic rings. The molecule has 19 heavy (non-hydrogen) atoms. The third kappa shape index (κ3) is 3.30. The fourth-order valence-corrected chi connectivity index (χ4v) is 1.89. The Hall–Kier alpha value is -1.92. The van der Waals surface area contributed by atoms with Gasteiger partial charge in [0.15, 0.2) is 0 Å². The zero-order chi connectivity index (χ0) is 13.8. The first kappa shape index (κ1) is 13.5. The first-order chi connectivity index (χ1) is 9.08. The van der Waals surface area contributed by atoms with Crippen LogP contribution < -0.4 is 5.32 Å². The molecule has 0 fully saturated rings. The van der Waals surface area contributed by atoms with E-state index in [1.165, 1.54) is 13.1 Å². The molecule has 2 aromatic rings. The Morgan fingerprint density at radius 2 is 2.32 bits per heavy atom. The summed E-state index contributed by atoms with van der Waals surface area (Å²) in [4.78, 5) is 17.8. The number of nitrogens with zero attached hydrogens (tertiary/aromatic N) is 1. The van der Waals surface area contributed by atoms with Crippen molar-refractivity contribution in [1.29, 1.82) is 0 Å². The number of fused-ring (bicyclic) bond motifs is 1. The molecule has 0 radical (unpaired) electrons. The Kier molecular flexibility index (Phi) is 4.13. The zero-order valence-electron chi connectivity index (χ0n) is 10.6. The first-order valence-corrected chi connectivity index (χ1v) is 6.11. The predicted molar refractivity (Wildman–Crippen MR) is 70.4 cm³/mol. The molecule has 2 unspecified atom stereocenters. The number of pyridine rings is 1. The SMILES string of the molecule is CC(=O)NCCC(O)C(O)c1cnc2[nH]ccc2c1. The van der Waals surface area contributed by atoms with E-state index < -0.39 is 12.2 Å². The fraction of sp³-hybridized carbons (Fsp3) is 0.385. The second-order valence-corrected chi connectivity index (χ2v) is 4.47. The molecule has 6 nitrogen and oxygen atoms in total.